The molecule has 3 N–H and O–H groups in total. The van der Waals surface area contributed by atoms with E-state index in [-0.39, 0.29) is 11.8 Å². The van der Waals surface area contributed by atoms with Crippen LogP contribution >= 0.6 is 0 Å². The van der Waals surface area contributed by atoms with Crippen LogP contribution in [0.25, 0.3) is 0 Å². The third-order valence-electron chi connectivity index (χ3n) is 5.41. The molecule has 4 nitrogen and oxygen atoms in total. The minimum absolute atomic E-state index is 0.210. The number of carbonyl (C=O) groups excluding carboxylic acids is 1. The molecule has 2 rings (SSSR count). The van der Waals surface area contributed by atoms with Crippen molar-refractivity contribution in [2.24, 2.45) is 23.5 Å². The molecule has 2 fully saturated rings. The number of nitrogens with one attached hydrogen (secondary N) is 1. The minimum Gasteiger partial charge on any atom is -0.355 e. The number of rotatable bonds is 6. The van der Waals surface area contributed by atoms with Gasteiger partial charge < -0.3 is 16.0 Å². The van der Waals surface area contributed by atoms with Gasteiger partial charge in [-0.3, -0.25) is 4.79 Å². The van der Waals surface area contributed by atoms with Gasteiger partial charge in [-0.05, 0) is 50.6 Å². The molecular weight excluding hydrogens is 250 g/mol. The number of hydrogen-bond donors (Lipinski definition) is 2. The zero-order valence-corrected chi connectivity index (χ0v) is 13.1. The van der Waals surface area contributed by atoms with E-state index < -0.39 is 0 Å². The second-order valence-corrected chi connectivity index (χ2v) is 6.51. The van der Waals surface area contributed by atoms with E-state index in [1.807, 2.05) is 0 Å². The van der Waals surface area contributed by atoms with Gasteiger partial charge in [-0.25, -0.2) is 0 Å². The van der Waals surface area contributed by atoms with Crippen molar-refractivity contribution in [1.82, 2.24) is 10.2 Å². The lowest BCUT2D eigenvalue weighted by molar-refractivity contribution is -0.127. The summed E-state index contributed by atoms with van der Waals surface area (Å²) in [6.07, 6.45) is 5.77. The van der Waals surface area contributed by atoms with E-state index in [4.69, 9.17) is 5.73 Å². The molecule has 2 aliphatic rings. The molecule has 0 heterocycles. The summed E-state index contributed by atoms with van der Waals surface area (Å²) in [6, 6.07) is 0.350. The smallest absolute Gasteiger partial charge is 0.223 e. The van der Waals surface area contributed by atoms with Gasteiger partial charge in [0.2, 0.25) is 5.91 Å². The molecule has 0 aromatic heterocycles. The van der Waals surface area contributed by atoms with Crippen LogP contribution in [0.15, 0.2) is 0 Å². The SMILES string of the molecule is CCN(CC)CCNC(=O)C1CC2CCCC(C1)C2N. The Balaban J connectivity index is 1.76. The number of hydrogen-bond acceptors (Lipinski definition) is 3. The lowest BCUT2D eigenvalue weighted by atomic mass is 9.65. The quantitative estimate of drug-likeness (QED) is 0.777. The standard InChI is InChI=1S/C16H31N3O/c1-3-19(4-2)9-8-18-16(20)14-10-12-6-5-7-13(11-14)15(12)17/h12-15H,3-11,17H2,1-2H3,(H,18,20). The van der Waals surface area contributed by atoms with Crippen molar-refractivity contribution in [3.63, 3.8) is 0 Å². The number of nitrogens with two attached hydrogens (primary N) is 1. The van der Waals surface area contributed by atoms with E-state index in [9.17, 15) is 4.79 Å². The van der Waals surface area contributed by atoms with Gasteiger partial charge in [-0.15, -0.1) is 0 Å². The molecule has 0 aromatic carbocycles. The van der Waals surface area contributed by atoms with Crippen LogP contribution in [-0.2, 0) is 4.79 Å². The van der Waals surface area contributed by atoms with Crippen LogP contribution in [-0.4, -0.2) is 43.0 Å². The second-order valence-electron chi connectivity index (χ2n) is 6.51. The Morgan fingerprint density at radius 1 is 1.20 bits per heavy atom. The Labute approximate surface area is 123 Å². The Morgan fingerprint density at radius 2 is 1.80 bits per heavy atom. The summed E-state index contributed by atoms with van der Waals surface area (Å²) in [5.74, 6) is 1.64. The van der Waals surface area contributed by atoms with Crippen LogP contribution in [0.5, 0.6) is 0 Å². The molecule has 0 saturated heterocycles. The third kappa shape index (κ3) is 3.73. The van der Waals surface area contributed by atoms with Crippen LogP contribution in [0.1, 0.15) is 46.0 Å². The normalized spacial score (nSPS) is 33.2. The predicted octanol–water partition coefficient (Wildman–Crippen LogP) is 1.60. The van der Waals surface area contributed by atoms with Crippen molar-refractivity contribution < 1.29 is 4.79 Å². The minimum atomic E-state index is 0.210. The first-order valence-corrected chi connectivity index (χ1v) is 8.41. The molecule has 2 aliphatic carbocycles. The van der Waals surface area contributed by atoms with Gasteiger partial charge in [0.15, 0.2) is 0 Å². The molecule has 20 heavy (non-hydrogen) atoms. The van der Waals surface area contributed by atoms with Gasteiger partial charge >= 0.3 is 0 Å². The zero-order chi connectivity index (χ0) is 14.5. The van der Waals surface area contributed by atoms with Crippen LogP contribution in [0, 0.1) is 17.8 Å². The van der Waals surface area contributed by atoms with Crippen molar-refractivity contribution >= 4 is 5.91 Å². The summed E-state index contributed by atoms with van der Waals surface area (Å²) in [5.41, 5.74) is 6.28. The topological polar surface area (TPSA) is 58.4 Å². The van der Waals surface area contributed by atoms with Crippen molar-refractivity contribution in [2.45, 2.75) is 52.0 Å². The first-order valence-electron chi connectivity index (χ1n) is 8.41. The number of amides is 1. The van der Waals surface area contributed by atoms with Gasteiger partial charge in [0.25, 0.3) is 0 Å². The summed E-state index contributed by atoms with van der Waals surface area (Å²) < 4.78 is 0. The van der Waals surface area contributed by atoms with Crippen molar-refractivity contribution in [3.8, 4) is 0 Å². The largest absolute Gasteiger partial charge is 0.355 e. The highest BCUT2D eigenvalue weighted by Gasteiger charge is 2.40. The van der Waals surface area contributed by atoms with E-state index in [1.165, 1.54) is 19.3 Å². The highest BCUT2D eigenvalue weighted by Crippen LogP contribution is 2.41. The molecule has 0 aromatic rings. The number of carbonyl (C=O) groups is 1. The highest BCUT2D eigenvalue weighted by molar-refractivity contribution is 5.78. The second kappa shape index (κ2) is 7.41. The average molecular weight is 281 g/mol. The van der Waals surface area contributed by atoms with E-state index in [1.54, 1.807) is 0 Å². The first kappa shape index (κ1) is 15.8. The summed E-state index contributed by atoms with van der Waals surface area (Å²) in [7, 11) is 0. The fourth-order valence-electron chi connectivity index (χ4n) is 4.02. The number of nitrogens with zero attached hydrogens (tertiary/aromatic N) is 1. The molecule has 2 atom stereocenters. The predicted molar refractivity (Wildman–Crippen MR) is 82.3 cm³/mol. The van der Waals surface area contributed by atoms with E-state index >= 15 is 0 Å². The van der Waals surface area contributed by atoms with Crippen molar-refractivity contribution in [1.29, 1.82) is 0 Å². The molecule has 0 spiro atoms. The first-order chi connectivity index (χ1) is 9.65. The Bertz CT molecular complexity index is 303. The lowest BCUT2D eigenvalue weighted by Crippen LogP contribution is -2.49. The van der Waals surface area contributed by atoms with E-state index in [2.05, 4.69) is 24.1 Å². The maximum Gasteiger partial charge on any atom is 0.223 e. The fourth-order valence-corrected chi connectivity index (χ4v) is 4.02. The summed E-state index contributed by atoms with van der Waals surface area (Å²) >= 11 is 0. The van der Waals surface area contributed by atoms with Gasteiger partial charge in [0.1, 0.15) is 0 Å². The zero-order valence-electron chi connectivity index (χ0n) is 13.1. The molecular formula is C16H31N3O. The molecule has 4 heteroatoms. The van der Waals surface area contributed by atoms with Crippen molar-refractivity contribution in [3.05, 3.63) is 0 Å². The van der Waals surface area contributed by atoms with Gasteiger partial charge in [0, 0.05) is 25.0 Å². The Kier molecular flexibility index (Phi) is 5.85. The monoisotopic (exact) mass is 281 g/mol. The molecule has 1 amide bonds. The Hall–Kier alpha value is -0.610. The van der Waals surface area contributed by atoms with Crippen LogP contribution in [0.4, 0.5) is 0 Å². The van der Waals surface area contributed by atoms with Crippen LogP contribution in [0.3, 0.4) is 0 Å². The average Bonchev–Trinajstić information content (AvgIpc) is 2.43. The molecule has 2 bridgehead atoms. The fraction of sp³-hybridized carbons (Fsp3) is 0.938. The third-order valence-corrected chi connectivity index (χ3v) is 5.41. The lowest BCUT2D eigenvalue weighted by Gasteiger charge is -2.43. The van der Waals surface area contributed by atoms with E-state index in [0.717, 1.165) is 39.0 Å². The summed E-state index contributed by atoms with van der Waals surface area (Å²) in [5, 5.41) is 3.13. The molecule has 116 valence electrons. The Morgan fingerprint density at radius 3 is 2.35 bits per heavy atom. The highest BCUT2D eigenvalue weighted by atomic mass is 16.1. The van der Waals surface area contributed by atoms with Crippen LogP contribution < -0.4 is 11.1 Å². The van der Waals surface area contributed by atoms with Crippen molar-refractivity contribution in [2.75, 3.05) is 26.2 Å². The number of likely N-dealkylation sites (N-methyl/N-ethyl adjacent to an activating group) is 1. The summed E-state index contributed by atoms with van der Waals surface area (Å²) in [4.78, 5) is 14.7. The van der Waals surface area contributed by atoms with E-state index in [0.29, 0.717) is 17.9 Å². The molecule has 2 unspecified atom stereocenters. The molecule has 0 aliphatic heterocycles. The summed E-state index contributed by atoms with van der Waals surface area (Å²) in [6.45, 7) is 8.16. The van der Waals surface area contributed by atoms with Gasteiger partial charge in [-0.1, -0.05) is 20.3 Å². The number of fused-ring (bicyclic) bond motifs is 2. The maximum atomic E-state index is 12.3. The van der Waals surface area contributed by atoms with Crippen LogP contribution in [0.2, 0.25) is 0 Å². The van der Waals surface area contributed by atoms with Gasteiger partial charge in [-0.2, -0.15) is 0 Å². The van der Waals surface area contributed by atoms with Gasteiger partial charge in [0.05, 0.1) is 0 Å². The maximum absolute atomic E-state index is 12.3. The molecule has 0 radical (unpaired) electrons. The molecule has 2 saturated carbocycles.